The first-order valence-corrected chi connectivity index (χ1v) is 10.1. The number of aliphatic imine (C=N–C) groups is 1. The van der Waals surface area contributed by atoms with Crippen molar-refractivity contribution in [1.29, 1.82) is 0 Å². The Morgan fingerprint density at radius 2 is 1.86 bits per heavy atom. The second-order valence-corrected chi connectivity index (χ2v) is 7.70. The van der Waals surface area contributed by atoms with Gasteiger partial charge in [0.25, 0.3) is 5.91 Å². The molecule has 7 nitrogen and oxygen atoms in total. The van der Waals surface area contributed by atoms with Crippen molar-refractivity contribution in [3.63, 3.8) is 0 Å². The number of guanidine groups is 1. The van der Waals surface area contributed by atoms with E-state index in [0.29, 0.717) is 24.4 Å². The lowest BCUT2D eigenvalue weighted by Gasteiger charge is -2.41. The third kappa shape index (κ3) is 6.71. The monoisotopic (exact) mass is 389 g/mol. The molecule has 0 unspecified atom stereocenters. The van der Waals surface area contributed by atoms with Gasteiger partial charge >= 0.3 is 0 Å². The van der Waals surface area contributed by atoms with Crippen molar-refractivity contribution >= 4 is 11.9 Å². The fourth-order valence-electron chi connectivity index (χ4n) is 3.35. The number of hydrogen-bond donors (Lipinski definition) is 3. The Bertz CT molecular complexity index is 654. The molecule has 1 fully saturated rings. The van der Waals surface area contributed by atoms with Crippen molar-refractivity contribution in [2.45, 2.75) is 38.6 Å². The van der Waals surface area contributed by atoms with Gasteiger partial charge in [0.05, 0.1) is 7.11 Å². The van der Waals surface area contributed by atoms with Gasteiger partial charge in [0.2, 0.25) is 0 Å². The third-order valence-corrected chi connectivity index (χ3v) is 5.16. The summed E-state index contributed by atoms with van der Waals surface area (Å²) in [5.74, 6) is 1.31. The topological polar surface area (TPSA) is 78.0 Å². The summed E-state index contributed by atoms with van der Waals surface area (Å²) in [6, 6.07) is 7.13. The van der Waals surface area contributed by atoms with Crippen molar-refractivity contribution < 1.29 is 9.53 Å². The number of likely N-dealkylation sites (tertiary alicyclic amines) is 1. The van der Waals surface area contributed by atoms with E-state index in [-0.39, 0.29) is 11.4 Å². The van der Waals surface area contributed by atoms with E-state index in [9.17, 15) is 4.79 Å². The molecule has 0 spiro atoms. The largest absolute Gasteiger partial charge is 0.497 e. The highest BCUT2D eigenvalue weighted by atomic mass is 16.5. The average Bonchev–Trinajstić information content (AvgIpc) is 2.73. The molecule has 1 aliphatic heterocycles. The van der Waals surface area contributed by atoms with Gasteiger partial charge < -0.3 is 20.7 Å². The minimum absolute atomic E-state index is 0.0820. The lowest BCUT2D eigenvalue weighted by atomic mass is 9.98. The summed E-state index contributed by atoms with van der Waals surface area (Å²) in [6.45, 7) is 8.79. The molecule has 2 rings (SSSR count). The van der Waals surface area contributed by atoms with Gasteiger partial charge in [-0.25, -0.2) is 0 Å². The Labute approximate surface area is 168 Å². The summed E-state index contributed by atoms with van der Waals surface area (Å²) in [5.41, 5.74) is 0.670. The third-order valence-electron chi connectivity index (χ3n) is 5.16. The first-order chi connectivity index (χ1) is 13.5. The quantitative estimate of drug-likeness (QED) is 0.359. The molecule has 7 heteroatoms. The summed E-state index contributed by atoms with van der Waals surface area (Å²) in [5, 5.41) is 9.57. The number of ether oxygens (including phenoxy) is 1. The smallest absolute Gasteiger partial charge is 0.251 e. The van der Waals surface area contributed by atoms with E-state index in [1.165, 1.54) is 19.3 Å². The number of piperidine rings is 1. The van der Waals surface area contributed by atoms with Gasteiger partial charge in [0.1, 0.15) is 5.75 Å². The van der Waals surface area contributed by atoms with Crippen molar-refractivity contribution in [2.75, 3.05) is 46.9 Å². The van der Waals surface area contributed by atoms with Crippen LogP contribution < -0.4 is 20.7 Å². The van der Waals surface area contributed by atoms with Gasteiger partial charge in [0, 0.05) is 37.8 Å². The molecule has 1 aromatic carbocycles. The van der Waals surface area contributed by atoms with Gasteiger partial charge in [0.15, 0.2) is 5.96 Å². The Balaban J connectivity index is 1.71. The average molecular weight is 390 g/mol. The zero-order valence-electron chi connectivity index (χ0n) is 17.7. The second kappa shape index (κ2) is 10.9. The molecule has 1 heterocycles. The molecule has 0 radical (unpaired) electrons. The van der Waals surface area contributed by atoms with E-state index < -0.39 is 0 Å². The summed E-state index contributed by atoms with van der Waals surface area (Å²) >= 11 is 0. The van der Waals surface area contributed by atoms with Gasteiger partial charge in [-0.3, -0.25) is 14.7 Å². The highest BCUT2D eigenvalue weighted by molar-refractivity contribution is 5.94. The minimum Gasteiger partial charge on any atom is -0.497 e. The van der Waals surface area contributed by atoms with E-state index in [0.717, 1.165) is 25.6 Å². The van der Waals surface area contributed by atoms with Crippen LogP contribution in [0.5, 0.6) is 5.75 Å². The lowest BCUT2D eigenvalue weighted by Crippen LogP contribution is -2.55. The number of nitrogens with one attached hydrogen (secondary N) is 3. The van der Waals surface area contributed by atoms with Crippen LogP contribution in [0.25, 0.3) is 0 Å². The standard InChI is InChI=1S/C21H35N5O2/c1-21(2,26-13-6-5-7-14-26)16-25-20(22-3)24-12-11-23-19(27)17-9-8-10-18(15-17)28-4/h8-10,15H,5-7,11-14,16H2,1-4H3,(H,23,27)(H2,22,24,25). The molecule has 0 bridgehead atoms. The Kier molecular flexibility index (Phi) is 8.57. The van der Waals surface area contributed by atoms with E-state index in [1.54, 1.807) is 26.3 Å². The van der Waals surface area contributed by atoms with Crippen molar-refractivity contribution in [2.24, 2.45) is 4.99 Å². The molecule has 0 atom stereocenters. The van der Waals surface area contributed by atoms with E-state index in [2.05, 4.69) is 39.7 Å². The highest BCUT2D eigenvalue weighted by Crippen LogP contribution is 2.19. The van der Waals surface area contributed by atoms with Crippen LogP contribution in [-0.4, -0.2) is 69.2 Å². The number of carbonyl (C=O) groups excluding carboxylic acids is 1. The normalized spacial score (nSPS) is 15.8. The summed E-state index contributed by atoms with van der Waals surface area (Å²) < 4.78 is 5.15. The first kappa shape index (κ1) is 22.0. The predicted molar refractivity (Wildman–Crippen MR) is 114 cm³/mol. The number of rotatable bonds is 8. The summed E-state index contributed by atoms with van der Waals surface area (Å²) in [6.07, 6.45) is 3.90. The van der Waals surface area contributed by atoms with Crippen LogP contribution in [0.2, 0.25) is 0 Å². The molecule has 1 amide bonds. The minimum atomic E-state index is -0.116. The van der Waals surface area contributed by atoms with Crippen LogP contribution in [0.15, 0.2) is 29.3 Å². The van der Waals surface area contributed by atoms with Crippen LogP contribution in [0, 0.1) is 0 Å². The highest BCUT2D eigenvalue weighted by Gasteiger charge is 2.27. The number of hydrogen-bond acceptors (Lipinski definition) is 4. The maximum atomic E-state index is 12.2. The fourth-order valence-corrected chi connectivity index (χ4v) is 3.35. The van der Waals surface area contributed by atoms with Gasteiger partial charge in [-0.2, -0.15) is 0 Å². The number of amides is 1. The molecule has 1 aliphatic rings. The number of methoxy groups -OCH3 is 1. The van der Waals surface area contributed by atoms with E-state index in [4.69, 9.17) is 4.74 Å². The molecule has 28 heavy (non-hydrogen) atoms. The Morgan fingerprint density at radius 1 is 1.14 bits per heavy atom. The van der Waals surface area contributed by atoms with Gasteiger partial charge in [-0.15, -0.1) is 0 Å². The lowest BCUT2D eigenvalue weighted by molar-refractivity contribution is 0.0954. The van der Waals surface area contributed by atoms with Crippen LogP contribution in [0.3, 0.4) is 0 Å². The molecular weight excluding hydrogens is 354 g/mol. The van der Waals surface area contributed by atoms with E-state index >= 15 is 0 Å². The zero-order valence-corrected chi connectivity index (χ0v) is 17.7. The second-order valence-electron chi connectivity index (χ2n) is 7.70. The van der Waals surface area contributed by atoms with Gasteiger partial charge in [-0.1, -0.05) is 12.5 Å². The molecule has 0 aliphatic carbocycles. The first-order valence-electron chi connectivity index (χ1n) is 10.1. The predicted octanol–water partition coefficient (Wildman–Crippen LogP) is 1.85. The SMILES string of the molecule is CN=C(NCCNC(=O)c1cccc(OC)c1)NCC(C)(C)N1CCCCC1. The molecule has 1 aromatic rings. The molecule has 156 valence electrons. The van der Waals surface area contributed by atoms with Crippen LogP contribution in [0.1, 0.15) is 43.5 Å². The van der Waals surface area contributed by atoms with Crippen LogP contribution in [0.4, 0.5) is 0 Å². The Hall–Kier alpha value is -2.28. The van der Waals surface area contributed by atoms with Crippen molar-refractivity contribution in [3.8, 4) is 5.75 Å². The number of carbonyl (C=O) groups is 1. The molecule has 1 saturated heterocycles. The molecule has 3 N–H and O–H groups in total. The fraction of sp³-hybridized carbons (Fsp3) is 0.619. The zero-order chi connectivity index (χ0) is 20.4. The summed E-state index contributed by atoms with van der Waals surface area (Å²) in [7, 11) is 3.35. The maximum Gasteiger partial charge on any atom is 0.251 e. The van der Waals surface area contributed by atoms with E-state index in [1.807, 2.05) is 12.1 Å². The molecule has 0 aromatic heterocycles. The Morgan fingerprint density at radius 3 is 2.54 bits per heavy atom. The number of nitrogens with zero attached hydrogens (tertiary/aromatic N) is 2. The van der Waals surface area contributed by atoms with Crippen LogP contribution >= 0.6 is 0 Å². The van der Waals surface area contributed by atoms with Crippen molar-refractivity contribution in [3.05, 3.63) is 29.8 Å². The molecule has 0 saturated carbocycles. The van der Waals surface area contributed by atoms with Gasteiger partial charge in [-0.05, 0) is 58.0 Å². The van der Waals surface area contributed by atoms with Crippen LogP contribution in [-0.2, 0) is 0 Å². The van der Waals surface area contributed by atoms with Crippen molar-refractivity contribution in [1.82, 2.24) is 20.9 Å². The summed E-state index contributed by atoms with van der Waals surface area (Å²) in [4.78, 5) is 19.0. The maximum absolute atomic E-state index is 12.2. The molecular formula is C21H35N5O2. The number of benzene rings is 1.